The molecule has 1 N–H and O–H groups in total. The van der Waals surface area contributed by atoms with E-state index in [1.165, 1.54) is 6.42 Å². The number of esters is 1. The number of hydrogen-bond donors (Lipinski definition) is 1. The quantitative estimate of drug-likeness (QED) is 0.594. The van der Waals surface area contributed by atoms with Crippen LogP contribution in [0.5, 0.6) is 0 Å². The second-order valence-electron chi connectivity index (χ2n) is 4.13. The van der Waals surface area contributed by atoms with Crippen LogP contribution in [-0.4, -0.2) is 24.5 Å². The number of ether oxygens (including phenoxy) is 1. The van der Waals surface area contributed by atoms with E-state index < -0.39 is 0 Å². The van der Waals surface area contributed by atoms with E-state index in [4.69, 9.17) is 4.74 Å². The van der Waals surface area contributed by atoms with Gasteiger partial charge in [-0.25, -0.2) is 0 Å². The molecule has 0 aliphatic heterocycles. The molecule has 0 aromatic heterocycles. The lowest BCUT2D eigenvalue weighted by molar-refractivity contribution is -0.150. The van der Waals surface area contributed by atoms with E-state index in [0.29, 0.717) is 6.54 Å². The molecule has 0 saturated heterocycles. The molecule has 0 aromatic rings. The number of nitrogens with one attached hydrogen (secondary N) is 1. The molecule has 0 bridgehead atoms. The van der Waals surface area contributed by atoms with Gasteiger partial charge in [0.05, 0.1) is 6.42 Å². The molecular formula is C13H19NO3. The summed E-state index contributed by atoms with van der Waals surface area (Å²) in [6.45, 7) is 1.88. The number of rotatable bonds is 4. The van der Waals surface area contributed by atoms with Gasteiger partial charge in [0.25, 0.3) is 5.91 Å². The van der Waals surface area contributed by atoms with Crippen LogP contribution in [0.1, 0.15) is 45.4 Å². The standard InChI is InChI=1S/C13H19NO3/c1-2-6-12(15)14-10-9-13(16)17-11-7-4-3-5-8-11/h11H,3-5,7-10H2,1H3,(H,14,15). The number of carbonyl (C=O) groups excluding carboxylic acids is 2. The van der Waals surface area contributed by atoms with Crippen molar-refractivity contribution in [2.24, 2.45) is 0 Å². The normalized spacial score (nSPS) is 15.6. The molecule has 4 nitrogen and oxygen atoms in total. The zero-order chi connectivity index (χ0) is 12.5. The number of carbonyl (C=O) groups is 2. The fourth-order valence-electron chi connectivity index (χ4n) is 1.86. The van der Waals surface area contributed by atoms with E-state index in [2.05, 4.69) is 17.2 Å². The summed E-state index contributed by atoms with van der Waals surface area (Å²) < 4.78 is 5.31. The SMILES string of the molecule is CC#CC(=O)NCCC(=O)OC1CCCCC1. The third kappa shape index (κ3) is 5.96. The first kappa shape index (κ1) is 13.6. The lowest BCUT2D eigenvalue weighted by Crippen LogP contribution is -2.27. The van der Waals surface area contributed by atoms with Gasteiger partial charge in [-0.05, 0) is 38.5 Å². The van der Waals surface area contributed by atoms with Crippen LogP contribution in [0.4, 0.5) is 0 Å². The van der Waals surface area contributed by atoms with Crippen LogP contribution in [0.3, 0.4) is 0 Å². The van der Waals surface area contributed by atoms with Crippen molar-refractivity contribution in [3.63, 3.8) is 0 Å². The van der Waals surface area contributed by atoms with Crippen LogP contribution in [-0.2, 0) is 14.3 Å². The molecule has 0 atom stereocenters. The van der Waals surface area contributed by atoms with Gasteiger partial charge >= 0.3 is 5.97 Å². The molecule has 1 aliphatic carbocycles. The zero-order valence-corrected chi connectivity index (χ0v) is 10.3. The Morgan fingerprint density at radius 1 is 1.29 bits per heavy atom. The molecule has 1 saturated carbocycles. The Morgan fingerprint density at radius 2 is 2.00 bits per heavy atom. The Morgan fingerprint density at radius 3 is 2.65 bits per heavy atom. The maximum Gasteiger partial charge on any atom is 0.307 e. The molecular weight excluding hydrogens is 218 g/mol. The van der Waals surface area contributed by atoms with E-state index in [9.17, 15) is 9.59 Å². The molecule has 4 heteroatoms. The van der Waals surface area contributed by atoms with Crippen LogP contribution in [0.25, 0.3) is 0 Å². The largest absolute Gasteiger partial charge is 0.462 e. The highest BCUT2D eigenvalue weighted by molar-refractivity contribution is 5.93. The maximum atomic E-state index is 11.4. The van der Waals surface area contributed by atoms with E-state index >= 15 is 0 Å². The van der Waals surface area contributed by atoms with Crippen molar-refractivity contribution in [3.8, 4) is 11.8 Å². The van der Waals surface area contributed by atoms with E-state index in [1.54, 1.807) is 6.92 Å². The molecule has 0 radical (unpaired) electrons. The highest BCUT2D eigenvalue weighted by Gasteiger charge is 2.17. The summed E-state index contributed by atoms with van der Waals surface area (Å²) in [7, 11) is 0. The van der Waals surface area contributed by atoms with Crippen molar-refractivity contribution in [2.75, 3.05) is 6.54 Å². The van der Waals surface area contributed by atoms with Gasteiger partial charge in [-0.1, -0.05) is 12.3 Å². The molecule has 0 spiro atoms. The zero-order valence-electron chi connectivity index (χ0n) is 10.3. The third-order valence-electron chi connectivity index (χ3n) is 2.70. The van der Waals surface area contributed by atoms with Crippen molar-refractivity contribution >= 4 is 11.9 Å². The minimum Gasteiger partial charge on any atom is -0.462 e. The monoisotopic (exact) mass is 237 g/mol. The maximum absolute atomic E-state index is 11.4. The average molecular weight is 237 g/mol. The van der Waals surface area contributed by atoms with Gasteiger partial charge in [0.1, 0.15) is 6.10 Å². The lowest BCUT2D eigenvalue weighted by atomic mass is 9.98. The summed E-state index contributed by atoms with van der Waals surface area (Å²) >= 11 is 0. The average Bonchev–Trinajstić information content (AvgIpc) is 2.30. The first-order chi connectivity index (χ1) is 8.22. The molecule has 0 heterocycles. The van der Waals surface area contributed by atoms with E-state index in [0.717, 1.165) is 25.7 Å². The predicted octanol–water partition coefficient (Wildman–Crippen LogP) is 1.39. The van der Waals surface area contributed by atoms with Gasteiger partial charge in [-0.15, -0.1) is 0 Å². The molecule has 1 amide bonds. The molecule has 0 aromatic carbocycles. The molecule has 1 aliphatic rings. The molecule has 0 unspecified atom stereocenters. The van der Waals surface area contributed by atoms with Gasteiger partial charge in [0.2, 0.25) is 0 Å². The van der Waals surface area contributed by atoms with E-state index in [1.807, 2.05) is 0 Å². The van der Waals surface area contributed by atoms with Gasteiger partial charge in [-0.3, -0.25) is 9.59 Å². The highest BCUT2D eigenvalue weighted by Crippen LogP contribution is 2.20. The number of hydrogen-bond acceptors (Lipinski definition) is 3. The van der Waals surface area contributed by atoms with Crippen LogP contribution in [0, 0.1) is 11.8 Å². The molecule has 94 valence electrons. The first-order valence-electron chi connectivity index (χ1n) is 6.12. The summed E-state index contributed by atoms with van der Waals surface area (Å²) in [6.07, 6.45) is 5.76. The Hall–Kier alpha value is -1.50. The summed E-state index contributed by atoms with van der Waals surface area (Å²) in [5, 5.41) is 2.54. The van der Waals surface area contributed by atoms with Crippen molar-refractivity contribution in [3.05, 3.63) is 0 Å². The predicted molar refractivity (Wildman–Crippen MR) is 64.0 cm³/mol. The van der Waals surface area contributed by atoms with Crippen LogP contribution >= 0.6 is 0 Å². The molecule has 1 fully saturated rings. The minimum absolute atomic E-state index is 0.0855. The second-order valence-corrected chi connectivity index (χ2v) is 4.13. The molecule has 1 rings (SSSR count). The summed E-state index contributed by atoms with van der Waals surface area (Å²) in [5.74, 6) is 4.26. The van der Waals surface area contributed by atoms with Crippen LogP contribution in [0.2, 0.25) is 0 Å². The Bertz CT molecular complexity index is 321. The fraction of sp³-hybridized carbons (Fsp3) is 0.692. The van der Waals surface area contributed by atoms with Crippen molar-refractivity contribution in [1.82, 2.24) is 5.32 Å². The Balaban J connectivity index is 2.11. The Kier molecular flexibility index (Phi) is 6.16. The van der Waals surface area contributed by atoms with Gasteiger partial charge in [0.15, 0.2) is 0 Å². The highest BCUT2D eigenvalue weighted by atomic mass is 16.5. The van der Waals surface area contributed by atoms with Crippen molar-refractivity contribution in [2.45, 2.75) is 51.6 Å². The summed E-state index contributed by atoms with van der Waals surface area (Å²) in [5.41, 5.74) is 0. The van der Waals surface area contributed by atoms with E-state index in [-0.39, 0.29) is 24.4 Å². The van der Waals surface area contributed by atoms with Gasteiger partial charge in [-0.2, -0.15) is 0 Å². The van der Waals surface area contributed by atoms with Crippen molar-refractivity contribution in [1.29, 1.82) is 0 Å². The second kappa shape index (κ2) is 7.72. The first-order valence-corrected chi connectivity index (χ1v) is 6.12. The fourth-order valence-corrected chi connectivity index (χ4v) is 1.86. The van der Waals surface area contributed by atoms with Crippen LogP contribution in [0.15, 0.2) is 0 Å². The molecule has 17 heavy (non-hydrogen) atoms. The lowest BCUT2D eigenvalue weighted by Gasteiger charge is -2.21. The van der Waals surface area contributed by atoms with Crippen LogP contribution < -0.4 is 5.32 Å². The van der Waals surface area contributed by atoms with Crippen molar-refractivity contribution < 1.29 is 14.3 Å². The summed E-state index contributed by atoms with van der Waals surface area (Å²) in [4.78, 5) is 22.4. The number of amides is 1. The van der Waals surface area contributed by atoms with Gasteiger partial charge in [0, 0.05) is 6.54 Å². The summed E-state index contributed by atoms with van der Waals surface area (Å²) in [6, 6.07) is 0. The van der Waals surface area contributed by atoms with Gasteiger partial charge < -0.3 is 10.1 Å². The topological polar surface area (TPSA) is 55.4 Å². The third-order valence-corrected chi connectivity index (χ3v) is 2.70. The Labute approximate surface area is 102 Å². The minimum atomic E-state index is -0.349. The smallest absolute Gasteiger partial charge is 0.307 e.